The molecule has 2 rings (SSSR count). The minimum Gasteiger partial charge on any atom is -0.444 e. The lowest BCUT2D eigenvalue weighted by molar-refractivity contribution is 0.155. The van der Waals surface area contributed by atoms with E-state index in [1.807, 2.05) is 37.3 Å². The third kappa shape index (κ3) is 3.95. The number of carbonyl (C=O) groups is 1. The van der Waals surface area contributed by atoms with Crippen molar-refractivity contribution >= 4 is 17.4 Å². The third-order valence-corrected chi connectivity index (χ3v) is 2.69. The first-order valence-electron chi connectivity index (χ1n) is 6.24. The van der Waals surface area contributed by atoms with Crippen molar-refractivity contribution in [2.45, 2.75) is 13.5 Å². The second-order valence-electron chi connectivity index (χ2n) is 4.43. The summed E-state index contributed by atoms with van der Waals surface area (Å²) in [5, 5.41) is 2.64. The summed E-state index contributed by atoms with van der Waals surface area (Å²) in [7, 11) is 0. The number of rotatable bonds is 4. The lowest BCUT2D eigenvalue weighted by atomic mass is 10.1. The molecular weight excluding hydrogens is 252 g/mol. The predicted molar refractivity (Wildman–Crippen MR) is 79.2 cm³/mol. The number of anilines is 1. The van der Waals surface area contributed by atoms with Crippen molar-refractivity contribution < 1.29 is 9.53 Å². The van der Waals surface area contributed by atoms with Gasteiger partial charge < -0.3 is 4.74 Å². The number of amides is 1. The molecule has 1 amide bonds. The molecule has 1 aromatic heterocycles. The molecule has 0 unspecified atom stereocenters. The monoisotopic (exact) mass is 268 g/mol. The first kappa shape index (κ1) is 13.8. The van der Waals surface area contributed by atoms with Crippen LogP contribution in [0.1, 0.15) is 18.1 Å². The largest absolute Gasteiger partial charge is 0.444 e. The number of allylic oxidation sites excluding steroid dienone is 1. The fourth-order valence-electron chi connectivity index (χ4n) is 1.62. The molecule has 0 bridgehead atoms. The standard InChI is InChI=1S/C16H16N2O2/c1-12(2)14-8-15(10-17-9-14)18-16(19)20-11-13-6-4-3-5-7-13/h3-10H,1,11H2,2H3,(H,18,19). The van der Waals surface area contributed by atoms with E-state index >= 15 is 0 Å². The number of ether oxygens (including phenoxy) is 1. The summed E-state index contributed by atoms with van der Waals surface area (Å²) < 4.78 is 5.13. The van der Waals surface area contributed by atoms with Crippen LogP contribution in [0.2, 0.25) is 0 Å². The highest BCUT2D eigenvalue weighted by atomic mass is 16.5. The van der Waals surface area contributed by atoms with Gasteiger partial charge in [0.2, 0.25) is 0 Å². The van der Waals surface area contributed by atoms with Gasteiger partial charge in [-0.25, -0.2) is 4.79 Å². The average molecular weight is 268 g/mol. The van der Waals surface area contributed by atoms with Crippen molar-refractivity contribution in [1.82, 2.24) is 4.98 Å². The molecule has 0 fully saturated rings. The molecule has 102 valence electrons. The van der Waals surface area contributed by atoms with Crippen molar-refractivity contribution in [3.05, 3.63) is 66.5 Å². The van der Waals surface area contributed by atoms with E-state index < -0.39 is 6.09 Å². The SMILES string of the molecule is C=C(C)c1cncc(NC(=O)OCc2ccccc2)c1. The van der Waals surface area contributed by atoms with E-state index in [0.717, 1.165) is 16.7 Å². The molecule has 1 aromatic carbocycles. The van der Waals surface area contributed by atoms with E-state index in [1.54, 1.807) is 18.5 Å². The zero-order valence-electron chi connectivity index (χ0n) is 11.3. The van der Waals surface area contributed by atoms with Gasteiger partial charge in [0.15, 0.2) is 0 Å². The fourth-order valence-corrected chi connectivity index (χ4v) is 1.62. The van der Waals surface area contributed by atoms with Gasteiger partial charge in [-0.1, -0.05) is 36.9 Å². The molecule has 0 aliphatic heterocycles. The molecule has 4 heteroatoms. The van der Waals surface area contributed by atoms with Crippen molar-refractivity contribution in [2.24, 2.45) is 0 Å². The van der Waals surface area contributed by atoms with Crippen LogP contribution in [-0.2, 0) is 11.3 Å². The maximum absolute atomic E-state index is 11.7. The van der Waals surface area contributed by atoms with Crippen LogP contribution in [0.5, 0.6) is 0 Å². The topological polar surface area (TPSA) is 51.2 Å². The van der Waals surface area contributed by atoms with Gasteiger partial charge in [0, 0.05) is 6.20 Å². The van der Waals surface area contributed by atoms with Gasteiger partial charge in [0.05, 0.1) is 11.9 Å². The molecule has 0 atom stereocenters. The Morgan fingerprint density at radius 3 is 2.75 bits per heavy atom. The number of carbonyl (C=O) groups excluding carboxylic acids is 1. The van der Waals surface area contributed by atoms with Crippen LogP contribution in [0.25, 0.3) is 5.57 Å². The van der Waals surface area contributed by atoms with Gasteiger partial charge in [0.1, 0.15) is 6.61 Å². The Balaban J connectivity index is 1.91. The summed E-state index contributed by atoms with van der Waals surface area (Å²) in [6.45, 7) is 5.96. The molecule has 2 aromatic rings. The van der Waals surface area contributed by atoms with Crippen molar-refractivity contribution in [1.29, 1.82) is 0 Å². The van der Waals surface area contributed by atoms with Crippen molar-refractivity contribution in [3.8, 4) is 0 Å². The second kappa shape index (κ2) is 6.52. The van der Waals surface area contributed by atoms with Gasteiger partial charge in [-0.2, -0.15) is 0 Å². The Hall–Kier alpha value is -2.62. The molecule has 1 heterocycles. The molecule has 4 nitrogen and oxygen atoms in total. The van der Waals surface area contributed by atoms with E-state index in [2.05, 4.69) is 16.9 Å². The van der Waals surface area contributed by atoms with Crippen molar-refractivity contribution in [3.63, 3.8) is 0 Å². The number of pyridine rings is 1. The lowest BCUT2D eigenvalue weighted by Gasteiger charge is -2.08. The van der Waals surface area contributed by atoms with Crippen LogP contribution in [0.4, 0.5) is 10.5 Å². The van der Waals surface area contributed by atoms with Crippen LogP contribution in [0.15, 0.2) is 55.4 Å². The number of nitrogens with one attached hydrogen (secondary N) is 1. The van der Waals surface area contributed by atoms with Crippen LogP contribution in [-0.4, -0.2) is 11.1 Å². The molecule has 0 saturated heterocycles. The maximum atomic E-state index is 11.7. The predicted octanol–water partition coefficient (Wildman–Crippen LogP) is 3.86. The molecule has 0 aliphatic carbocycles. The van der Waals surface area contributed by atoms with Crippen LogP contribution < -0.4 is 5.32 Å². The van der Waals surface area contributed by atoms with E-state index in [4.69, 9.17) is 4.74 Å². The quantitative estimate of drug-likeness (QED) is 0.916. The highest BCUT2D eigenvalue weighted by Gasteiger charge is 2.05. The highest BCUT2D eigenvalue weighted by Crippen LogP contribution is 2.15. The summed E-state index contributed by atoms with van der Waals surface area (Å²) in [4.78, 5) is 15.7. The Bertz CT molecular complexity index is 609. The van der Waals surface area contributed by atoms with Gasteiger partial charge in [-0.05, 0) is 29.7 Å². The molecule has 20 heavy (non-hydrogen) atoms. The minimum absolute atomic E-state index is 0.236. The Morgan fingerprint density at radius 1 is 1.30 bits per heavy atom. The molecule has 0 saturated carbocycles. The molecule has 0 aliphatic rings. The fraction of sp³-hybridized carbons (Fsp3) is 0.125. The highest BCUT2D eigenvalue weighted by molar-refractivity contribution is 5.85. The van der Waals surface area contributed by atoms with Gasteiger partial charge in [-0.15, -0.1) is 0 Å². The van der Waals surface area contributed by atoms with Crippen LogP contribution in [0, 0.1) is 0 Å². The molecule has 0 radical (unpaired) electrons. The van der Waals surface area contributed by atoms with Gasteiger partial charge in [-0.3, -0.25) is 10.3 Å². The number of hydrogen-bond acceptors (Lipinski definition) is 3. The van der Waals surface area contributed by atoms with E-state index in [9.17, 15) is 4.79 Å². The van der Waals surface area contributed by atoms with Crippen LogP contribution >= 0.6 is 0 Å². The Kier molecular flexibility index (Phi) is 4.50. The lowest BCUT2D eigenvalue weighted by Crippen LogP contribution is -2.13. The number of benzene rings is 1. The molecule has 1 N–H and O–H groups in total. The first-order valence-corrected chi connectivity index (χ1v) is 6.24. The zero-order valence-corrected chi connectivity index (χ0v) is 11.3. The first-order chi connectivity index (χ1) is 9.65. The summed E-state index contributed by atoms with van der Waals surface area (Å²) in [6, 6.07) is 11.3. The Morgan fingerprint density at radius 2 is 2.05 bits per heavy atom. The summed E-state index contributed by atoms with van der Waals surface area (Å²) in [5.74, 6) is 0. The van der Waals surface area contributed by atoms with E-state index in [1.165, 1.54) is 0 Å². The number of nitrogens with zero attached hydrogens (tertiary/aromatic N) is 1. The van der Waals surface area contributed by atoms with E-state index in [0.29, 0.717) is 5.69 Å². The average Bonchev–Trinajstić information content (AvgIpc) is 2.46. The zero-order chi connectivity index (χ0) is 14.4. The van der Waals surface area contributed by atoms with Gasteiger partial charge >= 0.3 is 6.09 Å². The van der Waals surface area contributed by atoms with E-state index in [-0.39, 0.29) is 6.61 Å². The number of aromatic nitrogens is 1. The van der Waals surface area contributed by atoms with Crippen molar-refractivity contribution in [2.75, 3.05) is 5.32 Å². The summed E-state index contributed by atoms with van der Waals surface area (Å²) in [5.41, 5.74) is 3.30. The number of hydrogen-bond donors (Lipinski definition) is 1. The maximum Gasteiger partial charge on any atom is 0.412 e. The second-order valence-corrected chi connectivity index (χ2v) is 4.43. The molecular formula is C16H16N2O2. The summed E-state index contributed by atoms with van der Waals surface area (Å²) >= 11 is 0. The smallest absolute Gasteiger partial charge is 0.412 e. The molecule has 0 spiro atoms. The van der Waals surface area contributed by atoms with Crippen LogP contribution in [0.3, 0.4) is 0 Å². The summed E-state index contributed by atoms with van der Waals surface area (Å²) in [6.07, 6.45) is 2.76. The Labute approximate surface area is 118 Å². The minimum atomic E-state index is -0.505. The normalized spacial score (nSPS) is 9.85. The van der Waals surface area contributed by atoms with Gasteiger partial charge in [0.25, 0.3) is 0 Å². The third-order valence-electron chi connectivity index (χ3n) is 2.69.